The first-order valence-electron chi connectivity index (χ1n) is 7.01. The molecule has 0 aliphatic heterocycles. The number of rotatable bonds is 6. The molecule has 0 fully saturated rings. The average molecular weight is 391 g/mol. The van der Waals surface area contributed by atoms with Crippen LogP contribution in [0, 0.1) is 0 Å². The third-order valence-electron chi connectivity index (χ3n) is 3.06. The Morgan fingerprint density at radius 3 is 2.67 bits per heavy atom. The smallest absolute Gasteiger partial charge is 0.341 e. The van der Waals surface area contributed by atoms with Crippen molar-refractivity contribution in [2.45, 2.75) is 6.92 Å². The van der Waals surface area contributed by atoms with Crippen LogP contribution in [0.1, 0.15) is 22.8 Å². The molecule has 2 aromatic rings. The minimum absolute atomic E-state index is 0.333. The first-order valence-corrected chi connectivity index (χ1v) is 7.81. The Bertz CT molecular complexity index is 790. The average Bonchev–Trinajstić information content (AvgIpc) is 2.58. The van der Waals surface area contributed by atoms with E-state index in [9.17, 15) is 9.59 Å². The van der Waals surface area contributed by atoms with E-state index in [1.165, 1.54) is 0 Å². The summed E-state index contributed by atoms with van der Waals surface area (Å²) < 4.78 is 5.80. The van der Waals surface area contributed by atoms with E-state index in [1.807, 2.05) is 6.07 Å². The molecule has 0 aromatic heterocycles. The highest BCUT2D eigenvalue weighted by Crippen LogP contribution is 2.16. The second-order valence-electron chi connectivity index (χ2n) is 4.83. The van der Waals surface area contributed by atoms with Gasteiger partial charge in [-0.2, -0.15) is 5.10 Å². The van der Waals surface area contributed by atoms with Crippen molar-refractivity contribution in [3.63, 3.8) is 0 Å². The van der Waals surface area contributed by atoms with Gasteiger partial charge in [0.25, 0.3) is 5.91 Å². The lowest BCUT2D eigenvalue weighted by molar-refractivity contribution is -0.139. The van der Waals surface area contributed by atoms with Crippen LogP contribution in [0.3, 0.4) is 0 Å². The van der Waals surface area contributed by atoms with Gasteiger partial charge in [0.2, 0.25) is 0 Å². The second-order valence-corrected chi connectivity index (χ2v) is 5.68. The van der Waals surface area contributed by atoms with Crippen molar-refractivity contribution in [2.24, 2.45) is 5.10 Å². The Kier molecular flexibility index (Phi) is 6.08. The number of hydrogen-bond acceptors (Lipinski definition) is 4. The van der Waals surface area contributed by atoms with E-state index in [0.29, 0.717) is 27.1 Å². The molecule has 0 aliphatic carbocycles. The zero-order chi connectivity index (χ0) is 17.5. The van der Waals surface area contributed by atoms with Gasteiger partial charge in [0.05, 0.1) is 11.3 Å². The molecule has 0 unspecified atom stereocenters. The molecule has 0 atom stereocenters. The molecule has 0 heterocycles. The first kappa shape index (κ1) is 17.7. The number of hydrogen-bond donors (Lipinski definition) is 2. The van der Waals surface area contributed by atoms with Gasteiger partial charge in [-0.3, -0.25) is 4.79 Å². The molecule has 0 aliphatic rings. The summed E-state index contributed by atoms with van der Waals surface area (Å²) in [5.74, 6) is -0.965. The minimum atomic E-state index is -1.05. The van der Waals surface area contributed by atoms with Crippen molar-refractivity contribution in [1.29, 1.82) is 0 Å². The molecule has 0 radical (unpaired) electrons. The van der Waals surface area contributed by atoms with Crippen LogP contribution in [-0.4, -0.2) is 29.3 Å². The second kappa shape index (κ2) is 8.26. The number of ether oxygens (including phenoxy) is 1. The Labute approximate surface area is 147 Å². The quantitative estimate of drug-likeness (QED) is 0.585. The van der Waals surface area contributed by atoms with Crippen molar-refractivity contribution in [1.82, 2.24) is 5.43 Å². The van der Waals surface area contributed by atoms with Gasteiger partial charge in [-0.25, -0.2) is 10.2 Å². The molecule has 0 spiro atoms. The van der Waals surface area contributed by atoms with Crippen molar-refractivity contribution in [3.8, 4) is 5.75 Å². The molecule has 2 aromatic carbocycles. The highest BCUT2D eigenvalue weighted by molar-refractivity contribution is 9.10. The van der Waals surface area contributed by atoms with E-state index in [2.05, 4.69) is 26.5 Å². The number of halogens is 1. The normalized spacial score (nSPS) is 11.0. The van der Waals surface area contributed by atoms with Gasteiger partial charge in [0, 0.05) is 10.0 Å². The van der Waals surface area contributed by atoms with Gasteiger partial charge in [0.15, 0.2) is 6.61 Å². The maximum Gasteiger partial charge on any atom is 0.341 e. The molecule has 6 nitrogen and oxygen atoms in total. The van der Waals surface area contributed by atoms with Crippen molar-refractivity contribution >= 4 is 33.5 Å². The minimum Gasteiger partial charge on any atom is -0.482 e. The first-order chi connectivity index (χ1) is 11.5. The number of benzene rings is 2. The molecular formula is C17H15BrN2O4. The molecule has 1 amide bonds. The number of carboxylic acids is 1. The standard InChI is InChI=1S/C17H15BrN2O4/c1-11(12-5-4-6-13(9-12)24-10-16(21)22)19-20-17(23)14-7-2-3-8-15(14)18/h2-9H,10H2,1H3,(H,20,23)(H,21,22)/b19-11-. The number of carbonyl (C=O) groups is 2. The number of nitrogens with one attached hydrogen (secondary N) is 1. The van der Waals surface area contributed by atoms with E-state index in [4.69, 9.17) is 9.84 Å². The van der Waals surface area contributed by atoms with E-state index in [-0.39, 0.29) is 5.91 Å². The number of amides is 1. The van der Waals surface area contributed by atoms with Crippen LogP contribution in [0.15, 0.2) is 58.1 Å². The van der Waals surface area contributed by atoms with Crippen LogP contribution in [-0.2, 0) is 4.79 Å². The van der Waals surface area contributed by atoms with Gasteiger partial charge >= 0.3 is 5.97 Å². The zero-order valence-corrected chi connectivity index (χ0v) is 14.4. The number of hydrazone groups is 1. The van der Waals surface area contributed by atoms with Crippen LogP contribution >= 0.6 is 15.9 Å². The summed E-state index contributed by atoms with van der Waals surface area (Å²) in [5.41, 5.74) is 4.25. The maximum absolute atomic E-state index is 12.1. The molecule has 7 heteroatoms. The Hall–Kier alpha value is -2.67. The van der Waals surface area contributed by atoms with Crippen LogP contribution < -0.4 is 10.2 Å². The molecule has 2 N–H and O–H groups in total. The van der Waals surface area contributed by atoms with Gasteiger partial charge in [-0.05, 0) is 47.1 Å². The number of carbonyl (C=O) groups excluding carboxylic acids is 1. The lowest BCUT2D eigenvalue weighted by Crippen LogP contribution is -2.19. The summed E-state index contributed by atoms with van der Waals surface area (Å²) in [4.78, 5) is 22.6. The topological polar surface area (TPSA) is 88.0 Å². The van der Waals surface area contributed by atoms with Gasteiger partial charge < -0.3 is 9.84 Å². The fourth-order valence-corrected chi connectivity index (χ4v) is 2.33. The van der Waals surface area contributed by atoms with Crippen LogP contribution in [0.25, 0.3) is 0 Å². The number of carboxylic acid groups (broad SMARTS) is 1. The highest BCUT2D eigenvalue weighted by Gasteiger charge is 2.09. The van der Waals surface area contributed by atoms with Crippen LogP contribution in [0.4, 0.5) is 0 Å². The lowest BCUT2D eigenvalue weighted by Gasteiger charge is -2.07. The summed E-state index contributed by atoms with van der Waals surface area (Å²) in [5, 5.41) is 12.7. The van der Waals surface area contributed by atoms with E-state index in [0.717, 1.165) is 0 Å². The van der Waals surface area contributed by atoms with E-state index >= 15 is 0 Å². The largest absolute Gasteiger partial charge is 0.482 e. The van der Waals surface area contributed by atoms with Gasteiger partial charge in [-0.1, -0.05) is 24.3 Å². The SMILES string of the molecule is C/C(=N/NC(=O)c1ccccc1Br)c1cccc(OCC(=O)O)c1. The molecule has 24 heavy (non-hydrogen) atoms. The van der Waals surface area contributed by atoms with Crippen LogP contribution in [0.5, 0.6) is 5.75 Å². The molecule has 0 saturated heterocycles. The van der Waals surface area contributed by atoms with Crippen LogP contribution in [0.2, 0.25) is 0 Å². The summed E-state index contributed by atoms with van der Waals surface area (Å²) in [7, 11) is 0. The Morgan fingerprint density at radius 1 is 1.21 bits per heavy atom. The number of nitrogens with zero attached hydrogens (tertiary/aromatic N) is 1. The van der Waals surface area contributed by atoms with E-state index in [1.54, 1.807) is 49.4 Å². The molecule has 124 valence electrons. The van der Waals surface area contributed by atoms with Gasteiger partial charge in [0.1, 0.15) is 5.75 Å². The molecule has 0 bridgehead atoms. The third kappa shape index (κ3) is 4.92. The fourth-order valence-electron chi connectivity index (χ4n) is 1.86. The highest BCUT2D eigenvalue weighted by atomic mass is 79.9. The zero-order valence-electron chi connectivity index (χ0n) is 12.8. The van der Waals surface area contributed by atoms with Crippen molar-refractivity contribution in [3.05, 3.63) is 64.1 Å². The summed E-state index contributed by atoms with van der Waals surface area (Å²) in [6.07, 6.45) is 0. The lowest BCUT2D eigenvalue weighted by atomic mass is 10.1. The maximum atomic E-state index is 12.1. The summed E-state index contributed by atoms with van der Waals surface area (Å²) in [6.45, 7) is 1.31. The molecule has 0 saturated carbocycles. The number of aliphatic carboxylic acids is 1. The molecule has 2 rings (SSSR count). The molecular weight excluding hydrogens is 376 g/mol. The van der Waals surface area contributed by atoms with E-state index < -0.39 is 12.6 Å². The fraction of sp³-hybridized carbons (Fsp3) is 0.118. The monoisotopic (exact) mass is 390 g/mol. The van der Waals surface area contributed by atoms with Gasteiger partial charge in [-0.15, -0.1) is 0 Å². The Balaban J connectivity index is 2.08. The summed E-state index contributed by atoms with van der Waals surface area (Å²) >= 11 is 3.31. The predicted molar refractivity (Wildman–Crippen MR) is 93.4 cm³/mol. The van der Waals surface area contributed by atoms with Crippen molar-refractivity contribution in [2.75, 3.05) is 6.61 Å². The summed E-state index contributed by atoms with van der Waals surface area (Å²) in [6, 6.07) is 13.9. The Morgan fingerprint density at radius 2 is 1.96 bits per heavy atom. The van der Waals surface area contributed by atoms with Crippen molar-refractivity contribution < 1.29 is 19.4 Å². The third-order valence-corrected chi connectivity index (χ3v) is 3.75. The predicted octanol–water partition coefficient (Wildman–Crippen LogP) is 3.07.